The molecule has 2 heteroatoms. The molecule has 1 heterocycles. The predicted molar refractivity (Wildman–Crippen MR) is 60.6 cm³/mol. The highest BCUT2D eigenvalue weighted by atomic mass is 16.3. The van der Waals surface area contributed by atoms with E-state index >= 15 is 0 Å². The van der Waals surface area contributed by atoms with Crippen LogP contribution in [-0.2, 0) is 6.42 Å². The molecule has 0 spiro atoms. The average molecular weight is 200 g/mol. The number of nitrogens with zero attached hydrogens (tertiary/aromatic N) is 1. The van der Waals surface area contributed by atoms with Crippen LogP contribution in [0.2, 0.25) is 0 Å². The summed E-state index contributed by atoms with van der Waals surface area (Å²) in [5, 5.41) is 10.8. The molecule has 0 atom stereocenters. The molecule has 15 heavy (non-hydrogen) atoms. The van der Waals surface area contributed by atoms with Crippen molar-refractivity contribution >= 4 is 10.9 Å². The first kappa shape index (κ1) is 10.1. The zero-order valence-corrected chi connectivity index (χ0v) is 8.99. The maximum absolute atomic E-state index is 9.70. The van der Waals surface area contributed by atoms with Gasteiger partial charge in [-0.05, 0) is 38.1 Å². The van der Waals surface area contributed by atoms with Gasteiger partial charge in [0.2, 0.25) is 0 Å². The summed E-state index contributed by atoms with van der Waals surface area (Å²) in [5.41, 5.74) is 1.17. The molecule has 0 fully saturated rings. The summed E-state index contributed by atoms with van der Waals surface area (Å²) >= 11 is 0. The Bertz CT molecular complexity index is 471. The van der Waals surface area contributed by atoms with Crippen LogP contribution in [0.25, 0.3) is 10.9 Å². The van der Waals surface area contributed by atoms with Crippen LogP contribution in [0.15, 0.2) is 30.3 Å². The first-order chi connectivity index (χ1) is 7.04. The third-order valence-corrected chi connectivity index (χ3v) is 2.21. The number of pyridine rings is 1. The smallest absolute Gasteiger partial charge is 0.0705 e. The monoisotopic (exact) mass is 200 g/mol. The van der Waals surface area contributed by atoms with Crippen molar-refractivity contribution in [1.82, 2.24) is 4.98 Å². The Hall–Kier alpha value is -1.41. The summed E-state index contributed by atoms with van der Waals surface area (Å²) in [6.45, 7) is 3.58. The molecule has 1 N–H and O–H groups in total. The number of fused-ring (bicyclic) bond motifs is 1. The minimum atomic E-state index is -0.707. The Morgan fingerprint density at radius 1 is 1.33 bits per heavy atom. The van der Waals surface area contributed by atoms with E-state index in [1.54, 1.807) is 13.8 Å². The van der Waals surface area contributed by atoms with Crippen LogP contribution in [0.3, 0.4) is 0 Å². The van der Waals surface area contributed by atoms with Gasteiger partial charge in [0.15, 0.2) is 0 Å². The maximum atomic E-state index is 9.70. The van der Waals surface area contributed by atoms with Gasteiger partial charge in [-0.2, -0.15) is 0 Å². The highest BCUT2D eigenvalue weighted by molar-refractivity contribution is 5.78. The summed E-state index contributed by atoms with van der Waals surface area (Å²) in [4.78, 5) is 4.48. The van der Waals surface area contributed by atoms with Gasteiger partial charge < -0.3 is 5.11 Å². The molecule has 1 radical (unpaired) electrons. The molecule has 2 rings (SSSR count). The average Bonchev–Trinajstić information content (AvgIpc) is 2.15. The van der Waals surface area contributed by atoms with Crippen LogP contribution < -0.4 is 0 Å². The zero-order chi connectivity index (χ0) is 10.9. The molecule has 0 bridgehead atoms. The lowest BCUT2D eigenvalue weighted by Crippen LogP contribution is -2.22. The highest BCUT2D eigenvalue weighted by Gasteiger charge is 2.14. The lowest BCUT2D eigenvalue weighted by atomic mass is 10.0. The van der Waals surface area contributed by atoms with Crippen LogP contribution in [-0.4, -0.2) is 15.7 Å². The summed E-state index contributed by atoms with van der Waals surface area (Å²) in [7, 11) is 0. The number of hydrogen-bond acceptors (Lipinski definition) is 2. The topological polar surface area (TPSA) is 33.1 Å². The quantitative estimate of drug-likeness (QED) is 0.807. The van der Waals surface area contributed by atoms with Gasteiger partial charge in [0.1, 0.15) is 0 Å². The van der Waals surface area contributed by atoms with Crippen LogP contribution in [0.4, 0.5) is 0 Å². The fourth-order valence-corrected chi connectivity index (χ4v) is 1.59. The fraction of sp³-hybridized carbons (Fsp3) is 0.308. The molecule has 2 nitrogen and oxygen atoms in total. The molecule has 0 saturated carbocycles. The third-order valence-electron chi connectivity index (χ3n) is 2.21. The molecular formula is C13H14NO. The molecule has 0 saturated heterocycles. The van der Waals surface area contributed by atoms with E-state index in [-0.39, 0.29) is 0 Å². The normalized spacial score (nSPS) is 11.9. The Kier molecular flexibility index (Phi) is 2.45. The van der Waals surface area contributed by atoms with Crippen molar-refractivity contribution in [3.05, 3.63) is 42.1 Å². The van der Waals surface area contributed by atoms with E-state index in [0.29, 0.717) is 6.42 Å². The molecule has 0 aliphatic carbocycles. The van der Waals surface area contributed by atoms with Crippen LogP contribution in [0.1, 0.15) is 19.5 Å². The van der Waals surface area contributed by atoms with E-state index < -0.39 is 5.60 Å². The number of benzene rings is 1. The van der Waals surface area contributed by atoms with E-state index in [0.717, 1.165) is 16.6 Å². The van der Waals surface area contributed by atoms with Crippen molar-refractivity contribution < 1.29 is 5.11 Å². The summed E-state index contributed by atoms with van der Waals surface area (Å²) < 4.78 is 0. The van der Waals surface area contributed by atoms with Crippen molar-refractivity contribution in [3.63, 3.8) is 0 Å². The second-order valence-electron chi connectivity index (χ2n) is 4.41. The maximum Gasteiger partial charge on any atom is 0.0705 e. The molecule has 0 aliphatic rings. The van der Waals surface area contributed by atoms with E-state index in [2.05, 4.69) is 11.1 Å². The Labute approximate surface area is 89.6 Å². The van der Waals surface area contributed by atoms with Gasteiger partial charge in [-0.25, -0.2) is 0 Å². The fourth-order valence-electron chi connectivity index (χ4n) is 1.59. The molecule has 77 valence electrons. The van der Waals surface area contributed by atoms with Crippen molar-refractivity contribution in [3.8, 4) is 0 Å². The van der Waals surface area contributed by atoms with E-state index in [4.69, 9.17) is 0 Å². The number of aliphatic hydroxyl groups is 1. The summed E-state index contributed by atoms with van der Waals surface area (Å²) in [5.74, 6) is 0. The number of rotatable bonds is 2. The molecule has 1 aromatic heterocycles. The first-order valence-electron chi connectivity index (χ1n) is 5.03. The van der Waals surface area contributed by atoms with Gasteiger partial charge in [-0.3, -0.25) is 4.98 Å². The van der Waals surface area contributed by atoms with E-state index in [9.17, 15) is 5.11 Å². The van der Waals surface area contributed by atoms with Crippen molar-refractivity contribution in [2.75, 3.05) is 0 Å². The predicted octanol–water partition coefficient (Wildman–Crippen LogP) is 2.35. The van der Waals surface area contributed by atoms with Gasteiger partial charge in [0.05, 0.1) is 11.1 Å². The molecule has 0 amide bonds. The van der Waals surface area contributed by atoms with E-state index in [1.165, 1.54) is 0 Å². The minimum Gasteiger partial charge on any atom is -0.390 e. The Morgan fingerprint density at radius 2 is 2.13 bits per heavy atom. The molecule has 0 unspecified atom stereocenters. The largest absolute Gasteiger partial charge is 0.390 e. The second kappa shape index (κ2) is 3.63. The standard InChI is InChI=1S/C13H14NO/c1-13(2,15)9-11-8-7-10-5-3-4-6-12(10)14-11/h4-8,15H,9H2,1-2H3. The Balaban J connectivity index is 2.39. The zero-order valence-electron chi connectivity index (χ0n) is 8.99. The summed E-state index contributed by atoms with van der Waals surface area (Å²) in [6.07, 6.45) is 0.571. The van der Waals surface area contributed by atoms with Gasteiger partial charge in [-0.1, -0.05) is 12.1 Å². The molecular weight excluding hydrogens is 186 g/mol. The first-order valence-corrected chi connectivity index (χ1v) is 5.03. The van der Waals surface area contributed by atoms with Gasteiger partial charge in [0, 0.05) is 17.5 Å². The van der Waals surface area contributed by atoms with Gasteiger partial charge in [0.25, 0.3) is 0 Å². The lowest BCUT2D eigenvalue weighted by Gasteiger charge is -2.16. The second-order valence-corrected chi connectivity index (χ2v) is 4.41. The number of hydrogen-bond donors (Lipinski definition) is 1. The van der Waals surface area contributed by atoms with Crippen LogP contribution >= 0.6 is 0 Å². The number of aromatic nitrogens is 1. The molecule has 2 aromatic rings. The van der Waals surface area contributed by atoms with Crippen molar-refractivity contribution in [2.45, 2.75) is 25.9 Å². The van der Waals surface area contributed by atoms with E-state index in [1.807, 2.05) is 30.3 Å². The minimum absolute atomic E-state index is 0.571. The van der Waals surface area contributed by atoms with Gasteiger partial charge in [-0.15, -0.1) is 0 Å². The Morgan fingerprint density at radius 3 is 2.87 bits per heavy atom. The third kappa shape index (κ3) is 2.54. The highest BCUT2D eigenvalue weighted by Crippen LogP contribution is 2.15. The van der Waals surface area contributed by atoms with Crippen molar-refractivity contribution in [1.29, 1.82) is 0 Å². The van der Waals surface area contributed by atoms with Gasteiger partial charge >= 0.3 is 0 Å². The lowest BCUT2D eigenvalue weighted by molar-refractivity contribution is 0.0800. The summed E-state index contributed by atoms with van der Waals surface area (Å²) in [6, 6.07) is 12.7. The van der Waals surface area contributed by atoms with Crippen LogP contribution in [0.5, 0.6) is 0 Å². The van der Waals surface area contributed by atoms with Crippen molar-refractivity contribution in [2.24, 2.45) is 0 Å². The van der Waals surface area contributed by atoms with Crippen LogP contribution in [0, 0.1) is 6.07 Å². The SMILES string of the molecule is CC(C)(O)Cc1ccc2c[c]ccc2n1. The molecule has 1 aromatic carbocycles. The molecule has 0 aliphatic heterocycles.